The van der Waals surface area contributed by atoms with Crippen LogP contribution in [0.4, 0.5) is 0 Å². The van der Waals surface area contributed by atoms with Crippen molar-refractivity contribution in [2.45, 2.75) is 18.8 Å². The molecule has 72 valence electrons. The Bertz CT molecular complexity index is 136. The Labute approximate surface area is 70.2 Å². The van der Waals surface area contributed by atoms with Crippen LogP contribution in [0.3, 0.4) is 0 Å². The van der Waals surface area contributed by atoms with Crippen LogP contribution in [0.25, 0.3) is 0 Å². The van der Waals surface area contributed by atoms with E-state index >= 15 is 0 Å². The molecular weight excluding hydrogens is 166 g/mol. The zero-order valence-electron chi connectivity index (χ0n) is 7.10. The van der Waals surface area contributed by atoms with Gasteiger partial charge in [-0.2, -0.15) is 0 Å². The van der Waals surface area contributed by atoms with Gasteiger partial charge in [-0.25, -0.2) is 0 Å². The predicted molar refractivity (Wildman–Crippen MR) is 40.3 cm³/mol. The first-order valence-electron chi connectivity index (χ1n) is 3.45. The Hall–Kier alpha value is -0.720. The first kappa shape index (κ1) is 11.3. The lowest BCUT2D eigenvalue weighted by molar-refractivity contribution is -0.491. The summed E-state index contributed by atoms with van der Waals surface area (Å²) in [6.07, 6.45) is -1.50. The molecule has 12 heavy (non-hydrogen) atoms. The van der Waals surface area contributed by atoms with Crippen molar-refractivity contribution in [3.8, 4) is 0 Å². The summed E-state index contributed by atoms with van der Waals surface area (Å²) in [5.74, 6) is 0. The highest BCUT2D eigenvalue weighted by Crippen LogP contribution is 2.02. The third-order valence-corrected chi connectivity index (χ3v) is 1.35. The highest BCUT2D eigenvalue weighted by Gasteiger charge is 2.17. The fraction of sp³-hybridized carbons (Fsp3) is 1.00. The van der Waals surface area contributed by atoms with Gasteiger partial charge in [-0.3, -0.25) is 10.1 Å². The van der Waals surface area contributed by atoms with Crippen LogP contribution >= 0.6 is 0 Å². The molecule has 0 saturated carbocycles. The van der Waals surface area contributed by atoms with E-state index in [1.54, 1.807) is 0 Å². The van der Waals surface area contributed by atoms with E-state index < -0.39 is 23.9 Å². The van der Waals surface area contributed by atoms with Crippen LogP contribution in [0.5, 0.6) is 0 Å². The first-order valence-corrected chi connectivity index (χ1v) is 3.45. The quantitative estimate of drug-likeness (QED) is 0.342. The molecule has 0 spiro atoms. The molecule has 6 nitrogen and oxygen atoms in total. The number of aliphatic hydroxyl groups excluding tert-OH is 1. The molecular formula is C6H13NO5. The van der Waals surface area contributed by atoms with E-state index in [1.165, 1.54) is 14.2 Å². The number of hydrogen-bond donors (Lipinski definition) is 1. The lowest BCUT2D eigenvalue weighted by atomic mass is 10.2. The lowest BCUT2D eigenvalue weighted by Gasteiger charge is -2.14. The average molecular weight is 179 g/mol. The van der Waals surface area contributed by atoms with Gasteiger partial charge < -0.3 is 14.6 Å². The normalized spacial score (nSPS) is 13.3. The first-order chi connectivity index (χ1) is 5.60. The van der Waals surface area contributed by atoms with Gasteiger partial charge in [-0.15, -0.1) is 0 Å². The number of ether oxygens (including phenoxy) is 2. The lowest BCUT2D eigenvalue weighted by Crippen LogP contribution is -2.27. The minimum Gasteiger partial charge on any atom is -0.386 e. The van der Waals surface area contributed by atoms with Crippen LogP contribution in [-0.2, 0) is 9.47 Å². The maximum Gasteiger partial charge on any atom is 0.229 e. The zero-order chi connectivity index (χ0) is 9.56. The van der Waals surface area contributed by atoms with Crippen molar-refractivity contribution in [1.29, 1.82) is 0 Å². The number of hydrogen-bond acceptors (Lipinski definition) is 5. The van der Waals surface area contributed by atoms with Gasteiger partial charge in [-0.05, 0) is 0 Å². The largest absolute Gasteiger partial charge is 0.386 e. The summed E-state index contributed by atoms with van der Waals surface area (Å²) in [6, 6.07) is 0. The molecule has 6 heteroatoms. The summed E-state index contributed by atoms with van der Waals surface area (Å²) in [5.41, 5.74) is 0. The molecule has 0 aromatic carbocycles. The Morgan fingerprint density at radius 3 is 2.33 bits per heavy atom. The summed E-state index contributed by atoms with van der Waals surface area (Å²) in [4.78, 5) is 9.36. The molecule has 0 aliphatic carbocycles. The number of rotatable bonds is 6. The minimum absolute atomic E-state index is 0.105. The standard InChI is InChI=1S/C6H13NO5/c1-11-6(12-2)3-5(8)4-7(9)10/h5-6,8H,3-4H2,1-2H3. The van der Waals surface area contributed by atoms with Crippen LogP contribution < -0.4 is 0 Å². The van der Waals surface area contributed by atoms with Crippen molar-refractivity contribution >= 4 is 0 Å². The number of aliphatic hydroxyl groups is 1. The van der Waals surface area contributed by atoms with Crippen molar-refractivity contribution in [3.63, 3.8) is 0 Å². The Morgan fingerprint density at radius 1 is 1.50 bits per heavy atom. The van der Waals surface area contributed by atoms with E-state index in [4.69, 9.17) is 14.6 Å². The summed E-state index contributed by atoms with van der Waals surface area (Å²) >= 11 is 0. The molecule has 1 N–H and O–H groups in total. The van der Waals surface area contributed by atoms with E-state index in [2.05, 4.69) is 0 Å². The second kappa shape index (κ2) is 5.87. The Kier molecular flexibility index (Phi) is 5.52. The third-order valence-electron chi connectivity index (χ3n) is 1.35. The fourth-order valence-electron chi connectivity index (χ4n) is 0.757. The van der Waals surface area contributed by atoms with E-state index in [0.29, 0.717) is 0 Å². The molecule has 0 aromatic heterocycles. The molecule has 0 rings (SSSR count). The Morgan fingerprint density at radius 2 is 2.00 bits per heavy atom. The van der Waals surface area contributed by atoms with Gasteiger partial charge in [0.2, 0.25) is 6.54 Å². The van der Waals surface area contributed by atoms with Crippen LogP contribution in [0.2, 0.25) is 0 Å². The molecule has 0 radical (unpaired) electrons. The van der Waals surface area contributed by atoms with Gasteiger partial charge in [0, 0.05) is 25.6 Å². The average Bonchev–Trinajstić information content (AvgIpc) is 1.98. The molecule has 0 bridgehead atoms. The molecule has 0 aromatic rings. The third kappa shape index (κ3) is 5.00. The van der Waals surface area contributed by atoms with E-state index in [0.717, 1.165) is 0 Å². The fourth-order valence-corrected chi connectivity index (χ4v) is 0.757. The molecule has 0 saturated heterocycles. The maximum absolute atomic E-state index is 9.93. The number of methoxy groups -OCH3 is 2. The monoisotopic (exact) mass is 179 g/mol. The van der Waals surface area contributed by atoms with Gasteiger partial charge in [0.1, 0.15) is 6.10 Å². The molecule has 1 atom stereocenters. The van der Waals surface area contributed by atoms with Gasteiger partial charge >= 0.3 is 0 Å². The summed E-state index contributed by atoms with van der Waals surface area (Å²) in [6.45, 7) is -0.483. The van der Waals surface area contributed by atoms with E-state index in [9.17, 15) is 10.1 Å². The molecule has 0 amide bonds. The van der Waals surface area contributed by atoms with Crippen LogP contribution in [0, 0.1) is 10.1 Å². The smallest absolute Gasteiger partial charge is 0.229 e. The number of nitro groups is 1. The minimum atomic E-state index is -1.02. The zero-order valence-corrected chi connectivity index (χ0v) is 7.10. The van der Waals surface area contributed by atoms with Crippen LogP contribution in [-0.4, -0.2) is 43.2 Å². The molecule has 0 aliphatic heterocycles. The summed E-state index contributed by atoms with van der Waals surface area (Å²) in [5, 5.41) is 19.0. The maximum atomic E-state index is 9.93. The van der Waals surface area contributed by atoms with Crippen molar-refractivity contribution in [2.75, 3.05) is 20.8 Å². The van der Waals surface area contributed by atoms with Gasteiger partial charge in [0.15, 0.2) is 6.29 Å². The van der Waals surface area contributed by atoms with Crippen molar-refractivity contribution in [1.82, 2.24) is 0 Å². The molecule has 1 unspecified atom stereocenters. The van der Waals surface area contributed by atoms with E-state index in [1.807, 2.05) is 0 Å². The highest BCUT2D eigenvalue weighted by atomic mass is 16.7. The van der Waals surface area contributed by atoms with Crippen LogP contribution in [0.1, 0.15) is 6.42 Å². The SMILES string of the molecule is COC(CC(O)C[N+](=O)[O-])OC. The second-order valence-electron chi connectivity index (χ2n) is 2.31. The van der Waals surface area contributed by atoms with Crippen molar-refractivity contribution < 1.29 is 19.5 Å². The van der Waals surface area contributed by atoms with Crippen LogP contribution in [0.15, 0.2) is 0 Å². The summed E-state index contributed by atoms with van der Waals surface area (Å²) < 4.78 is 9.49. The number of nitrogens with zero attached hydrogens (tertiary/aromatic N) is 1. The van der Waals surface area contributed by atoms with E-state index in [-0.39, 0.29) is 6.42 Å². The molecule has 0 aliphatic rings. The molecule has 0 fully saturated rings. The predicted octanol–water partition coefficient (Wildman–Crippen LogP) is -0.367. The van der Waals surface area contributed by atoms with Gasteiger partial charge in [0.05, 0.1) is 0 Å². The topological polar surface area (TPSA) is 81.8 Å². The second-order valence-corrected chi connectivity index (χ2v) is 2.31. The highest BCUT2D eigenvalue weighted by molar-refractivity contribution is 4.55. The van der Waals surface area contributed by atoms with Gasteiger partial charge in [0.25, 0.3) is 0 Å². The van der Waals surface area contributed by atoms with Crippen molar-refractivity contribution in [3.05, 3.63) is 10.1 Å². The summed E-state index contributed by atoms with van der Waals surface area (Å²) in [7, 11) is 2.82. The molecule has 0 heterocycles. The van der Waals surface area contributed by atoms with Gasteiger partial charge in [-0.1, -0.05) is 0 Å². The van der Waals surface area contributed by atoms with Crippen molar-refractivity contribution in [2.24, 2.45) is 0 Å². The Balaban J connectivity index is 3.65.